The third kappa shape index (κ3) is 3.07. The van der Waals surface area contributed by atoms with E-state index in [0.29, 0.717) is 5.92 Å². The number of rotatable bonds is 3. The second-order valence-electron chi connectivity index (χ2n) is 7.60. The van der Waals surface area contributed by atoms with Crippen molar-refractivity contribution in [2.45, 2.75) is 38.5 Å². The summed E-state index contributed by atoms with van der Waals surface area (Å²) in [6.45, 7) is 4.43. The summed E-state index contributed by atoms with van der Waals surface area (Å²) in [5.74, 6) is 1.47. The quantitative estimate of drug-likeness (QED) is 0.432. The molecule has 0 fully saturated rings. The predicted molar refractivity (Wildman–Crippen MR) is 118 cm³/mol. The number of nitrogens with zero attached hydrogens (tertiary/aromatic N) is 2. The Morgan fingerprint density at radius 2 is 1.96 bits per heavy atom. The van der Waals surface area contributed by atoms with Crippen LogP contribution in [0.25, 0.3) is 0 Å². The first-order chi connectivity index (χ1) is 13.6. The van der Waals surface area contributed by atoms with Crippen molar-refractivity contribution in [1.82, 2.24) is 5.01 Å². The zero-order valence-electron chi connectivity index (χ0n) is 15.8. The molecule has 2 atom stereocenters. The van der Waals surface area contributed by atoms with Crippen molar-refractivity contribution in [3.8, 4) is 5.75 Å². The Morgan fingerprint density at radius 3 is 2.68 bits per heavy atom. The molecule has 0 saturated carbocycles. The molecule has 2 aliphatic rings. The third-order valence-electron chi connectivity index (χ3n) is 5.45. The van der Waals surface area contributed by atoms with Gasteiger partial charge in [-0.2, -0.15) is 5.10 Å². The van der Waals surface area contributed by atoms with Crippen LogP contribution in [-0.4, -0.2) is 10.7 Å². The minimum Gasteiger partial charge on any atom is -0.464 e. The van der Waals surface area contributed by atoms with Crippen molar-refractivity contribution in [2.75, 3.05) is 0 Å². The second kappa shape index (κ2) is 7.05. The highest BCUT2D eigenvalue weighted by molar-refractivity contribution is 9.10. The predicted octanol–water partition coefficient (Wildman–Crippen LogP) is 6.88. The van der Waals surface area contributed by atoms with Crippen LogP contribution in [0.1, 0.15) is 60.0 Å². The maximum absolute atomic E-state index is 6.45. The molecule has 2 aliphatic heterocycles. The molecular weight excluding hydrogens is 432 g/mol. The summed E-state index contributed by atoms with van der Waals surface area (Å²) in [5.41, 5.74) is 4.81. The van der Waals surface area contributed by atoms with Gasteiger partial charge >= 0.3 is 0 Å². The van der Waals surface area contributed by atoms with Gasteiger partial charge in [-0.25, -0.2) is 5.01 Å². The Bertz CT molecular complexity index is 1030. The minimum atomic E-state index is -0.211. The number of fused-ring (bicyclic) bond motifs is 3. The van der Waals surface area contributed by atoms with Gasteiger partial charge in [-0.15, -0.1) is 11.3 Å². The Kier molecular flexibility index (Phi) is 4.52. The average Bonchev–Trinajstić information content (AvgIpc) is 3.37. The van der Waals surface area contributed by atoms with E-state index in [-0.39, 0.29) is 12.3 Å². The summed E-state index contributed by atoms with van der Waals surface area (Å²) < 4.78 is 7.52. The lowest BCUT2D eigenvalue weighted by molar-refractivity contribution is -0.0190. The van der Waals surface area contributed by atoms with Crippen LogP contribution in [0.15, 0.2) is 69.6 Å². The molecule has 142 valence electrons. The summed E-state index contributed by atoms with van der Waals surface area (Å²) in [6, 6.07) is 19.5. The molecule has 1 aromatic heterocycles. The van der Waals surface area contributed by atoms with Crippen LogP contribution >= 0.6 is 27.3 Å². The van der Waals surface area contributed by atoms with Crippen LogP contribution < -0.4 is 4.74 Å². The standard InChI is InChI=1S/C23H21BrN2OS/c1-14(2)15-5-7-16(8-6-15)23-26-20(13-19(25-26)22-4-3-11-28-22)18-12-17(24)9-10-21(18)27-23/h3-12,14,20,23H,13H2,1-2H3/t20-,23-/m0/s1. The fourth-order valence-electron chi connectivity index (χ4n) is 3.92. The Morgan fingerprint density at radius 1 is 1.14 bits per heavy atom. The summed E-state index contributed by atoms with van der Waals surface area (Å²) >= 11 is 5.36. The molecule has 28 heavy (non-hydrogen) atoms. The molecule has 0 N–H and O–H groups in total. The lowest BCUT2D eigenvalue weighted by atomic mass is 9.97. The minimum absolute atomic E-state index is 0.188. The largest absolute Gasteiger partial charge is 0.464 e. The molecule has 0 saturated heterocycles. The molecule has 2 aromatic carbocycles. The van der Waals surface area contributed by atoms with Crippen LogP contribution in [0.4, 0.5) is 0 Å². The van der Waals surface area contributed by atoms with Crippen molar-refractivity contribution in [3.05, 3.63) is 86.0 Å². The van der Waals surface area contributed by atoms with Crippen molar-refractivity contribution >= 4 is 33.0 Å². The van der Waals surface area contributed by atoms with Crippen LogP contribution in [-0.2, 0) is 0 Å². The first-order valence-electron chi connectivity index (χ1n) is 9.56. The molecule has 0 bridgehead atoms. The van der Waals surface area contributed by atoms with Crippen molar-refractivity contribution < 1.29 is 4.74 Å². The summed E-state index contributed by atoms with van der Waals surface area (Å²) in [6.07, 6.45) is 0.686. The highest BCUT2D eigenvalue weighted by Gasteiger charge is 2.41. The van der Waals surface area contributed by atoms with Gasteiger partial charge in [0.05, 0.1) is 16.6 Å². The number of thiophene rings is 1. The van der Waals surface area contributed by atoms with Crippen molar-refractivity contribution in [1.29, 1.82) is 0 Å². The number of hydrogen-bond donors (Lipinski definition) is 0. The van der Waals surface area contributed by atoms with Gasteiger partial charge in [0.1, 0.15) is 5.75 Å². The maximum atomic E-state index is 6.45. The number of ether oxygens (including phenoxy) is 1. The Hall–Kier alpha value is -2.11. The first kappa shape index (κ1) is 18.0. The van der Waals surface area contributed by atoms with Gasteiger partial charge in [0.15, 0.2) is 0 Å². The molecule has 0 amide bonds. The van der Waals surface area contributed by atoms with Gasteiger partial charge in [-0.3, -0.25) is 0 Å². The topological polar surface area (TPSA) is 24.8 Å². The number of hydrogen-bond acceptors (Lipinski definition) is 4. The van der Waals surface area contributed by atoms with Gasteiger partial charge in [0, 0.05) is 22.0 Å². The molecule has 3 nitrogen and oxygen atoms in total. The van der Waals surface area contributed by atoms with Gasteiger partial charge in [0.2, 0.25) is 6.23 Å². The fourth-order valence-corrected chi connectivity index (χ4v) is 5.02. The zero-order chi connectivity index (χ0) is 19.3. The Labute approximate surface area is 177 Å². The number of hydrazone groups is 1. The highest BCUT2D eigenvalue weighted by Crippen LogP contribution is 2.48. The number of benzene rings is 2. The van der Waals surface area contributed by atoms with E-state index in [1.165, 1.54) is 16.0 Å². The number of halogens is 1. The van der Waals surface area contributed by atoms with E-state index in [0.717, 1.165) is 27.9 Å². The zero-order valence-corrected chi connectivity index (χ0v) is 18.2. The molecule has 0 unspecified atom stereocenters. The van der Waals surface area contributed by atoms with E-state index in [4.69, 9.17) is 9.84 Å². The SMILES string of the molecule is CC(C)c1ccc([C@@H]2Oc3ccc(Br)cc3[C@@H]3CC(c4cccs4)=NN32)cc1. The summed E-state index contributed by atoms with van der Waals surface area (Å²) in [5, 5.41) is 9.27. The van der Waals surface area contributed by atoms with Crippen LogP contribution in [0.3, 0.4) is 0 Å². The van der Waals surface area contributed by atoms with E-state index in [1.54, 1.807) is 11.3 Å². The van der Waals surface area contributed by atoms with E-state index in [9.17, 15) is 0 Å². The molecule has 3 aromatic rings. The third-order valence-corrected chi connectivity index (χ3v) is 6.86. The van der Waals surface area contributed by atoms with E-state index >= 15 is 0 Å². The second-order valence-corrected chi connectivity index (χ2v) is 9.46. The molecular formula is C23H21BrN2OS. The van der Waals surface area contributed by atoms with Crippen LogP contribution in [0, 0.1) is 0 Å². The van der Waals surface area contributed by atoms with Crippen molar-refractivity contribution in [2.24, 2.45) is 5.10 Å². The van der Waals surface area contributed by atoms with Gasteiger partial charge in [-0.1, -0.05) is 60.1 Å². The smallest absolute Gasteiger partial charge is 0.213 e. The maximum Gasteiger partial charge on any atom is 0.213 e. The first-order valence-corrected chi connectivity index (χ1v) is 11.2. The summed E-state index contributed by atoms with van der Waals surface area (Å²) in [7, 11) is 0. The Balaban J connectivity index is 1.57. The molecule has 5 heteroatoms. The van der Waals surface area contributed by atoms with E-state index in [1.807, 2.05) is 6.07 Å². The lowest BCUT2D eigenvalue weighted by Gasteiger charge is -2.38. The molecule has 3 heterocycles. The van der Waals surface area contributed by atoms with Gasteiger partial charge < -0.3 is 4.74 Å². The van der Waals surface area contributed by atoms with E-state index in [2.05, 4.69) is 88.7 Å². The molecule has 0 aliphatic carbocycles. The lowest BCUT2D eigenvalue weighted by Crippen LogP contribution is -2.33. The van der Waals surface area contributed by atoms with E-state index < -0.39 is 0 Å². The fraction of sp³-hybridized carbons (Fsp3) is 0.261. The highest BCUT2D eigenvalue weighted by atomic mass is 79.9. The van der Waals surface area contributed by atoms with Crippen LogP contribution in [0.5, 0.6) is 5.75 Å². The summed E-state index contributed by atoms with van der Waals surface area (Å²) in [4.78, 5) is 1.24. The average molecular weight is 453 g/mol. The molecule has 0 spiro atoms. The van der Waals surface area contributed by atoms with Gasteiger partial charge in [0.25, 0.3) is 0 Å². The molecule has 5 rings (SSSR count). The normalized spacial score (nSPS) is 20.6. The van der Waals surface area contributed by atoms with Gasteiger partial charge in [-0.05, 0) is 41.1 Å². The molecule has 0 radical (unpaired) electrons. The monoisotopic (exact) mass is 452 g/mol. The van der Waals surface area contributed by atoms with Crippen molar-refractivity contribution in [3.63, 3.8) is 0 Å². The van der Waals surface area contributed by atoms with Crippen LogP contribution in [0.2, 0.25) is 0 Å².